The molecule has 1 atom stereocenters. The Bertz CT molecular complexity index is 822. The number of fused-ring (bicyclic) bond motifs is 1. The predicted molar refractivity (Wildman–Crippen MR) is 98.6 cm³/mol. The summed E-state index contributed by atoms with van der Waals surface area (Å²) in [6.07, 6.45) is 0.322. The van der Waals surface area contributed by atoms with Gasteiger partial charge >= 0.3 is 0 Å². The van der Waals surface area contributed by atoms with Gasteiger partial charge in [-0.3, -0.25) is 9.59 Å². The number of hydrogen-bond acceptors (Lipinski definition) is 3. The number of hydrogen-bond donors (Lipinski definition) is 1. The minimum Gasteiger partial charge on any atom is -0.479 e. The second-order valence-corrected chi connectivity index (χ2v) is 6.33. The Morgan fingerprint density at radius 2 is 2.08 bits per heavy atom. The number of carbonyl (C=O) groups excluding carboxylic acids is 2. The first-order chi connectivity index (χ1) is 12.0. The molecule has 1 N–H and O–H groups in total. The van der Waals surface area contributed by atoms with Gasteiger partial charge in [0.15, 0.2) is 6.10 Å². The monoisotopic (exact) mass is 358 g/mol. The van der Waals surface area contributed by atoms with Crippen LogP contribution in [0.5, 0.6) is 5.75 Å². The summed E-state index contributed by atoms with van der Waals surface area (Å²) in [6, 6.07) is 12.0. The molecule has 1 unspecified atom stereocenters. The lowest BCUT2D eigenvalue weighted by molar-refractivity contribution is -0.125. The van der Waals surface area contributed by atoms with E-state index in [1.807, 2.05) is 6.92 Å². The number of benzene rings is 2. The van der Waals surface area contributed by atoms with Gasteiger partial charge in [0, 0.05) is 22.8 Å². The van der Waals surface area contributed by atoms with E-state index in [0.717, 1.165) is 6.42 Å². The second-order valence-electron chi connectivity index (χ2n) is 5.90. The molecular weight excluding hydrogens is 340 g/mol. The van der Waals surface area contributed by atoms with Crippen molar-refractivity contribution >= 4 is 34.8 Å². The Morgan fingerprint density at radius 1 is 1.28 bits per heavy atom. The normalized spacial score (nSPS) is 16.2. The van der Waals surface area contributed by atoms with Crippen LogP contribution >= 0.6 is 11.6 Å². The third-order valence-electron chi connectivity index (χ3n) is 3.96. The second kappa shape index (κ2) is 7.15. The molecule has 0 saturated carbocycles. The number of halogens is 1. The number of ether oxygens (including phenoxy) is 1. The van der Waals surface area contributed by atoms with Crippen LogP contribution in [0.3, 0.4) is 0 Å². The molecule has 0 bridgehead atoms. The molecule has 1 aliphatic rings. The molecule has 130 valence electrons. The van der Waals surface area contributed by atoms with Gasteiger partial charge in [-0.05, 0) is 49.7 Å². The summed E-state index contributed by atoms with van der Waals surface area (Å²) in [5.74, 6) is 0.301. The lowest BCUT2D eigenvalue weighted by atomic mass is 10.1. The van der Waals surface area contributed by atoms with Crippen molar-refractivity contribution in [3.63, 3.8) is 0 Å². The maximum absolute atomic E-state index is 12.4. The molecule has 0 aromatic heterocycles. The van der Waals surface area contributed by atoms with E-state index in [1.54, 1.807) is 54.3 Å². The molecule has 2 amide bonds. The predicted octanol–water partition coefficient (Wildman–Crippen LogP) is 4.12. The Morgan fingerprint density at radius 3 is 2.80 bits per heavy atom. The number of nitrogens with one attached hydrogen (secondary N) is 1. The van der Waals surface area contributed by atoms with E-state index in [2.05, 4.69) is 5.32 Å². The third-order valence-corrected chi connectivity index (χ3v) is 4.19. The highest BCUT2D eigenvalue weighted by atomic mass is 35.5. The molecule has 1 aliphatic heterocycles. The van der Waals surface area contributed by atoms with Crippen LogP contribution < -0.4 is 15.0 Å². The average Bonchev–Trinajstić information content (AvgIpc) is 2.59. The molecule has 0 saturated heterocycles. The highest BCUT2D eigenvalue weighted by molar-refractivity contribution is 6.31. The highest BCUT2D eigenvalue weighted by Gasteiger charge is 2.31. The first-order valence-corrected chi connectivity index (χ1v) is 8.56. The van der Waals surface area contributed by atoms with Crippen molar-refractivity contribution in [2.75, 3.05) is 16.8 Å². The van der Waals surface area contributed by atoms with Crippen LogP contribution in [-0.2, 0) is 4.79 Å². The van der Waals surface area contributed by atoms with E-state index in [0.29, 0.717) is 34.3 Å². The third kappa shape index (κ3) is 3.61. The standard InChI is InChI=1S/C19H19ClN2O3/c1-3-9-22-16-11-15(7-8-17(16)25-12(2)19(22)24)21-18(23)13-5-4-6-14(20)10-13/h4-8,10-12H,3,9H2,1-2H3,(H,21,23). The summed E-state index contributed by atoms with van der Waals surface area (Å²) in [5, 5.41) is 3.33. The molecular formula is C19H19ClN2O3. The van der Waals surface area contributed by atoms with Gasteiger partial charge in [-0.2, -0.15) is 0 Å². The van der Waals surface area contributed by atoms with Gasteiger partial charge < -0.3 is 15.0 Å². The van der Waals surface area contributed by atoms with Gasteiger partial charge in [-0.1, -0.05) is 24.6 Å². The van der Waals surface area contributed by atoms with Crippen molar-refractivity contribution < 1.29 is 14.3 Å². The Labute approximate surface area is 151 Å². The van der Waals surface area contributed by atoms with Gasteiger partial charge in [-0.15, -0.1) is 0 Å². The fourth-order valence-electron chi connectivity index (χ4n) is 2.77. The maximum Gasteiger partial charge on any atom is 0.267 e. The maximum atomic E-state index is 12.4. The van der Waals surface area contributed by atoms with E-state index < -0.39 is 6.10 Å². The van der Waals surface area contributed by atoms with Crippen LogP contribution in [0, 0.1) is 0 Å². The van der Waals surface area contributed by atoms with Crippen molar-refractivity contribution in [3.05, 3.63) is 53.1 Å². The molecule has 0 radical (unpaired) electrons. The molecule has 1 heterocycles. The smallest absolute Gasteiger partial charge is 0.267 e. The summed E-state index contributed by atoms with van der Waals surface area (Å²) >= 11 is 5.93. The van der Waals surface area contributed by atoms with Crippen LogP contribution in [0.25, 0.3) is 0 Å². The Hall–Kier alpha value is -2.53. The summed E-state index contributed by atoms with van der Waals surface area (Å²) in [7, 11) is 0. The Balaban J connectivity index is 1.87. The fraction of sp³-hybridized carbons (Fsp3) is 0.263. The first kappa shape index (κ1) is 17.3. The molecule has 2 aromatic carbocycles. The summed E-state index contributed by atoms with van der Waals surface area (Å²) in [6.45, 7) is 4.35. The number of nitrogens with zero attached hydrogens (tertiary/aromatic N) is 1. The topological polar surface area (TPSA) is 58.6 Å². The minimum absolute atomic E-state index is 0.0762. The van der Waals surface area contributed by atoms with Crippen LogP contribution in [0.1, 0.15) is 30.6 Å². The highest BCUT2D eigenvalue weighted by Crippen LogP contribution is 2.36. The van der Waals surface area contributed by atoms with E-state index in [9.17, 15) is 9.59 Å². The summed E-state index contributed by atoms with van der Waals surface area (Å²) in [4.78, 5) is 26.5. The molecule has 2 aromatic rings. The zero-order valence-electron chi connectivity index (χ0n) is 14.1. The van der Waals surface area contributed by atoms with Gasteiger partial charge in [-0.25, -0.2) is 0 Å². The molecule has 6 heteroatoms. The molecule has 3 rings (SSSR count). The van der Waals surface area contributed by atoms with Crippen LogP contribution in [0.2, 0.25) is 5.02 Å². The zero-order valence-corrected chi connectivity index (χ0v) is 14.8. The summed E-state index contributed by atoms with van der Waals surface area (Å²) < 4.78 is 5.66. The van der Waals surface area contributed by atoms with E-state index in [1.165, 1.54) is 0 Å². The van der Waals surface area contributed by atoms with E-state index in [4.69, 9.17) is 16.3 Å². The average molecular weight is 359 g/mol. The molecule has 5 nitrogen and oxygen atoms in total. The molecule has 0 aliphatic carbocycles. The van der Waals surface area contributed by atoms with Gasteiger partial charge in [0.2, 0.25) is 0 Å². The van der Waals surface area contributed by atoms with Gasteiger partial charge in [0.1, 0.15) is 5.75 Å². The fourth-order valence-corrected chi connectivity index (χ4v) is 2.96. The van der Waals surface area contributed by atoms with Crippen molar-refractivity contribution in [1.82, 2.24) is 0 Å². The summed E-state index contributed by atoms with van der Waals surface area (Å²) in [5.41, 5.74) is 1.74. The first-order valence-electron chi connectivity index (χ1n) is 8.18. The largest absolute Gasteiger partial charge is 0.479 e. The lowest BCUT2D eigenvalue weighted by Crippen LogP contribution is -2.44. The SMILES string of the molecule is CCCN1C(=O)C(C)Oc2ccc(NC(=O)c3cccc(Cl)c3)cc21. The van der Waals surface area contributed by atoms with E-state index >= 15 is 0 Å². The van der Waals surface area contributed by atoms with E-state index in [-0.39, 0.29) is 11.8 Å². The number of rotatable bonds is 4. The minimum atomic E-state index is -0.508. The van der Waals surface area contributed by atoms with Gasteiger partial charge in [0.25, 0.3) is 11.8 Å². The zero-order chi connectivity index (χ0) is 18.0. The van der Waals surface area contributed by atoms with Crippen molar-refractivity contribution in [1.29, 1.82) is 0 Å². The quantitative estimate of drug-likeness (QED) is 0.894. The van der Waals surface area contributed by atoms with Crippen molar-refractivity contribution in [2.45, 2.75) is 26.4 Å². The van der Waals surface area contributed by atoms with Crippen molar-refractivity contribution in [3.8, 4) is 5.75 Å². The van der Waals surface area contributed by atoms with Crippen LogP contribution in [-0.4, -0.2) is 24.5 Å². The lowest BCUT2D eigenvalue weighted by Gasteiger charge is -2.33. The molecule has 25 heavy (non-hydrogen) atoms. The number of amides is 2. The van der Waals surface area contributed by atoms with Crippen LogP contribution in [0.15, 0.2) is 42.5 Å². The van der Waals surface area contributed by atoms with Gasteiger partial charge in [0.05, 0.1) is 5.69 Å². The van der Waals surface area contributed by atoms with Crippen LogP contribution in [0.4, 0.5) is 11.4 Å². The number of anilines is 2. The molecule has 0 spiro atoms. The van der Waals surface area contributed by atoms with Crippen molar-refractivity contribution in [2.24, 2.45) is 0 Å². The Kier molecular flexibility index (Phi) is 4.95. The number of carbonyl (C=O) groups is 2. The molecule has 0 fully saturated rings.